The van der Waals surface area contributed by atoms with Crippen LogP contribution in [-0.2, 0) is 16.4 Å². The summed E-state index contributed by atoms with van der Waals surface area (Å²) in [5.41, 5.74) is 2.00. The first kappa shape index (κ1) is 15.3. The lowest BCUT2D eigenvalue weighted by Crippen LogP contribution is -2.36. The topological polar surface area (TPSA) is 37.4 Å². The van der Waals surface area contributed by atoms with Crippen LogP contribution in [-0.4, -0.2) is 25.8 Å². The van der Waals surface area contributed by atoms with Crippen molar-refractivity contribution in [3.63, 3.8) is 0 Å². The molecule has 2 aromatic carbocycles. The minimum Gasteiger partial charge on any atom is -0.207 e. The van der Waals surface area contributed by atoms with E-state index >= 15 is 0 Å². The maximum Gasteiger partial charge on any atom is 0.243 e. The van der Waals surface area contributed by atoms with Crippen LogP contribution in [0, 0.1) is 0 Å². The van der Waals surface area contributed by atoms with Gasteiger partial charge in [-0.2, -0.15) is 4.31 Å². The van der Waals surface area contributed by atoms with Gasteiger partial charge in [0.05, 0.1) is 4.90 Å². The van der Waals surface area contributed by atoms with E-state index in [9.17, 15) is 8.42 Å². The lowest BCUT2D eigenvalue weighted by atomic mass is 10.1. The third-order valence-corrected chi connectivity index (χ3v) is 6.14. The largest absolute Gasteiger partial charge is 0.243 e. The Morgan fingerprint density at radius 1 is 0.818 bits per heavy atom. The van der Waals surface area contributed by atoms with Crippen molar-refractivity contribution >= 4 is 10.0 Å². The molecule has 0 atom stereocenters. The van der Waals surface area contributed by atoms with Gasteiger partial charge in [0.1, 0.15) is 0 Å². The summed E-state index contributed by atoms with van der Waals surface area (Å²) in [7, 11) is -3.38. The number of hydrogen-bond donors (Lipinski definition) is 0. The molecule has 22 heavy (non-hydrogen) atoms. The Labute approximate surface area is 132 Å². The van der Waals surface area contributed by atoms with Crippen molar-refractivity contribution in [3.8, 4) is 0 Å². The van der Waals surface area contributed by atoms with Gasteiger partial charge in [-0.3, -0.25) is 0 Å². The van der Waals surface area contributed by atoms with E-state index in [4.69, 9.17) is 0 Å². The molecule has 1 aliphatic rings. The van der Waals surface area contributed by atoms with Gasteiger partial charge in [0.2, 0.25) is 10.0 Å². The van der Waals surface area contributed by atoms with Gasteiger partial charge in [0.15, 0.2) is 0 Å². The first-order chi connectivity index (χ1) is 10.7. The second-order valence-electron chi connectivity index (χ2n) is 5.73. The van der Waals surface area contributed by atoms with E-state index in [0.29, 0.717) is 24.4 Å². The number of hydrogen-bond acceptors (Lipinski definition) is 2. The highest BCUT2D eigenvalue weighted by atomic mass is 32.2. The van der Waals surface area contributed by atoms with Crippen molar-refractivity contribution < 1.29 is 8.42 Å². The summed E-state index contributed by atoms with van der Waals surface area (Å²) >= 11 is 0. The van der Waals surface area contributed by atoms with Gasteiger partial charge in [-0.25, -0.2) is 8.42 Å². The highest BCUT2D eigenvalue weighted by Gasteiger charge is 2.27. The molecule has 1 heterocycles. The molecule has 3 rings (SSSR count). The van der Waals surface area contributed by atoms with Crippen LogP contribution in [0.3, 0.4) is 0 Å². The molecule has 0 saturated carbocycles. The first-order valence-electron chi connectivity index (χ1n) is 7.80. The Hall–Kier alpha value is -1.65. The Kier molecular flexibility index (Phi) is 4.60. The molecule has 4 heteroatoms. The van der Waals surface area contributed by atoms with Gasteiger partial charge in [-0.15, -0.1) is 0 Å². The molecule has 1 fully saturated rings. The third-order valence-electron chi connectivity index (χ3n) is 4.14. The van der Waals surface area contributed by atoms with Crippen molar-refractivity contribution in [3.05, 3.63) is 65.7 Å². The minimum atomic E-state index is -3.38. The van der Waals surface area contributed by atoms with Crippen LogP contribution in [0.5, 0.6) is 0 Å². The van der Waals surface area contributed by atoms with Crippen molar-refractivity contribution in [1.82, 2.24) is 4.31 Å². The molecule has 2 aromatic rings. The van der Waals surface area contributed by atoms with E-state index in [2.05, 4.69) is 0 Å². The average molecular weight is 315 g/mol. The second-order valence-corrected chi connectivity index (χ2v) is 7.64. The molecule has 0 spiro atoms. The van der Waals surface area contributed by atoms with Crippen LogP contribution in [0.25, 0.3) is 0 Å². The smallest absolute Gasteiger partial charge is 0.207 e. The zero-order valence-corrected chi connectivity index (χ0v) is 13.4. The molecule has 0 unspecified atom stereocenters. The van der Waals surface area contributed by atoms with E-state index in [1.165, 1.54) is 0 Å². The number of sulfonamides is 1. The van der Waals surface area contributed by atoms with Gasteiger partial charge in [0.25, 0.3) is 0 Å². The lowest BCUT2D eigenvalue weighted by molar-refractivity contribution is 0.346. The molecular weight excluding hydrogens is 294 g/mol. The molecule has 0 aliphatic carbocycles. The summed E-state index contributed by atoms with van der Waals surface area (Å²) in [5.74, 6) is 0. The van der Waals surface area contributed by atoms with Crippen LogP contribution in [0.1, 0.15) is 30.4 Å². The van der Waals surface area contributed by atoms with E-state index in [-0.39, 0.29) is 0 Å². The Balaban J connectivity index is 1.93. The van der Waals surface area contributed by atoms with Crippen LogP contribution >= 0.6 is 0 Å². The monoisotopic (exact) mass is 315 g/mol. The highest BCUT2D eigenvalue weighted by molar-refractivity contribution is 7.89. The lowest BCUT2D eigenvalue weighted by Gasteiger charge is -2.26. The molecule has 116 valence electrons. The van der Waals surface area contributed by atoms with Gasteiger partial charge in [-0.05, 0) is 36.5 Å². The number of nitrogens with zero attached hydrogens (tertiary/aromatic N) is 1. The summed E-state index contributed by atoms with van der Waals surface area (Å²) in [6.45, 7) is 1.28. The summed E-state index contributed by atoms with van der Waals surface area (Å²) in [6.07, 6.45) is 3.68. The normalized spacial score (nSPS) is 16.5. The quantitative estimate of drug-likeness (QED) is 0.866. The SMILES string of the molecule is O=S(=O)(c1ccccc1Cc1ccccc1)N1CCCCC1. The number of benzene rings is 2. The molecule has 1 saturated heterocycles. The third kappa shape index (κ3) is 3.23. The molecule has 3 nitrogen and oxygen atoms in total. The Morgan fingerprint density at radius 2 is 1.45 bits per heavy atom. The molecule has 1 aliphatic heterocycles. The van der Waals surface area contributed by atoms with E-state index < -0.39 is 10.0 Å². The predicted molar refractivity (Wildman–Crippen MR) is 88.3 cm³/mol. The van der Waals surface area contributed by atoms with Gasteiger partial charge < -0.3 is 0 Å². The Bertz CT molecular complexity index is 720. The average Bonchev–Trinajstić information content (AvgIpc) is 2.57. The molecule has 0 bridgehead atoms. The van der Waals surface area contributed by atoms with Crippen LogP contribution < -0.4 is 0 Å². The van der Waals surface area contributed by atoms with Crippen molar-refractivity contribution in [2.75, 3.05) is 13.1 Å². The maximum atomic E-state index is 12.9. The fourth-order valence-electron chi connectivity index (χ4n) is 2.96. The van der Waals surface area contributed by atoms with E-state index in [1.54, 1.807) is 10.4 Å². The van der Waals surface area contributed by atoms with Crippen molar-refractivity contribution in [1.29, 1.82) is 0 Å². The van der Waals surface area contributed by atoms with Crippen LogP contribution in [0.4, 0.5) is 0 Å². The van der Waals surface area contributed by atoms with Crippen molar-refractivity contribution in [2.24, 2.45) is 0 Å². The van der Waals surface area contributed by atoms with E-state index in [1.807, 2.05) is 48.5 Å². The fourth-order valence-corrected chi connectivity index (χ4v) is 4.70. The zero-order valence-electron chi connectivity index (χ0n) is 12.6. The van der Waals surface area contributed by atoms with E-state index in [0.717, 1.165) is 30.4 Å². The summed E-state index contributed by atoms with van der Waals surface area (Å²) in [6, 6.07) is 17.4. The summed E-state index contributed by atoms with van der Waals surface area (Å²) < 4.78 is 27.5. The predicted octanol–water partition coefficient (Wildman–Crippen LogP) is 3.45. The molecule has 0 radical (unpaired) electrons. The van der Waals surface area contributed by atoms with Crippen LogP contribution in [0.15, 0.2) is 59.5 Å². The number of piperidine rings is 1. The minimum absolute atomic E-state index is 0.459. The highest BCUT2D eigenvalue weighted by Crippen LogP contribution is 2.25. The molecule has 0 N–H and O–H groups in total. The standard InChI is InChI=1S/C18H21NO2S/c20-22(21,19-13-7-2-8-14-19)18-12-6-5-11-17(18)15-16-9-3-1-4-10-16/h1,3-6,9-12H,2,7-8,13-15H2. The fraction of sp³-hybridized carbons (Fsp3) is 0.333. The molecule has 0 amide bonds. The van der Waals surface area contributed by atoms with Gasteiger partial charge in [-0.1, -0.05) is 55.0 Å². The van der Waals surface area contributed by atoms with Crippen LogP contribution in [0.2, 0.25) is 0 Å². The Morgan fingerprint density at radius 3 is 2.18 bits per heavy atom. The summed E-state index contributed by atoms with van der Waals surface area (Å²) in [5, 5.41) is 0. The first-order valence-corrected chi connectivity index (χ1v) is 9.24. The maximum absolute atomic E-state index is 12.9. The zero-order chi connectivity index (χ0) is 15.4. The molecule has 0 aromatic heterocycles. The number of rotatable bonds is 4. The van der Waals surface area contributed by atoms with Gasteiger partial charge >= 0.3 is 0 Å². The second kappa shape index (κ2) is 6.63. The van der Waals surface area contributed by atoms with Crippen molar-refractivity contribution in [2.45, 2.75) is 30.6 Å². The summed E-state index contributed by atoms with van der Waals surface area (Å²) in [4.78, 5) is 0.459. The molecular formula is C18H21NO2S. The van der Waals surface area contributed by atoms with Gasteiger partial charge in [0, 0.05) is 13.1 Å².